The van der Waals surface area contributed by atoms with Gasteiger partial charge >= 0.3 is 5.97 Å². The molecule has 3 rings (SSSR count). The van der Waals surface area contributed by atoms with Crippen LogP contribution in [-0.4, -0.2) is 70.1 Å². The summed E-state index contributed by atoms with van der Waals surface area (Å²) in [7, 11) is 1.33. The molecule has 136 valence electrons. The molecule has 2 heterocycles. The first-order valence-electron chi connectivity index (χ1n) is 7.48. The second-order valence-electron chi connectivity index (χ2n) is 5.98. The minimum atomic E-state index is -2.79. The SMILES string of the molecule is COc1ccccc1C(C[N+](=O)[O-])[C@@]1(O)C(=O)O[C@@H]2[C@@H](O)CO[C@@]21O. The van der Waals surface area contributed by atoms with Crippen molar-refractivity contribution in [3.05, 3.63) is 39.9 Å². The number of carbonyl (C=O) groups excluding carboxylic acids is 1. The summed E-state index contributed by atoms with van der Waals surface area (Å²) >= 11 is 0. The maximum atomic E-state index is 12.4. The fraction of sp³-hybridized carbons (Fsp3) is 0.533. The molecule has 1 aromatic rings. The van der Waals surface area contributed by atoms with Gasteiger partial charge in [-0.1, -0.05) is 18.2 Å². The van der Waals surface area contributed by atoms with E-state index in [4.69, 9.17) is 14.2 Å². The molecule has 2 fully saturated rings. The van der Waals surface area contributed by atoms with Gasteiger partial charge in [0.25, 0.3) is 0 Å². The first-order chi connectivity index (χ1) is 11.8. The van der Waals surface area contributed by atoms with E-state index in [1.54, 1.807) is 12.1 Å². The molecule has 0 spiro atoms. The first-order valence-corrected chi connectivity index (χ1v) is 7.48. The predicted molar refractivity (Wildman–Crippen MR) is 79.3 cm³/mol. The number of para-hydroxylation sites is 1. The van der Waals surface area contributed by atoms with Gasteiger partial charge in [-0.3, -0.25) is 10.1 Å². The second kappa shape index (κ2) is 5.92. The molecule has 3 N–H and O–H groups in total. The highest BCUT2D eigenvalue weighted by molar-refractivity contribution is 5.85. The van der Waals surface area contributed by atoms with Crippen LogP contribution in [0.15, 0.2) is 24.3 Å². The lowest BCUT2D eigenvalue weighted by molar-refractivity contribution is -0.489. The normalized spacial score (nSPS) is 35.1. The summed E-state index contributed by atoms with van der Waals surface area (Å²) in [5.41, 5.74) is -2.67. The van der Waals surface area contributed by atoms with Gasteiger partial charge in [0.05, 0.1) is 19.6 Å². The Morgan fingerprint density at radius 2 is 2.12 bits per heavy atom. The number of carbonyl (C=O) groups is 1. The van der Waals surface area contributed by atoms with Crippen molar-refractivity contribution in [3.8, 4) is 5.75 Å². The molecule has 5 atom stereocenters. The Bertz CT molecular complexity index is 710. The minimum Gasteiger partial charge on any atom is -0.496 e. The third-order valence-electron chi connectivity index (χ3n) is 4.65. The van der Waals surface area contributed by atoms with Crippen LogP contribution < -0.4 is 4.74 Å². The maximum Gasteiger partial charge on any atom is 0.345 e. The highest BCUT2D eigenvalue weighted by Crippen LogP contribution is 2.51. The Kier molecular flexibility index (Phi) is 4.15. The van der Waals surface area contributed by atoms with E-state index < -0.39 is 53.6 Å². The van der Waals surface area contributed by atoms with E-state index in [1.807, 2.05) is 0 Å². The molecule has 2 saturated heterocycles. The van der Waals surface area contributed by atoms with Gasteiger partial charge in [0.15, 0.2) is 6.10 Å². The number of nitro groups is 1. The zero-order valence-corrected chi connectivity index (χ0v) is 13.2. The van der Waals surface area contributed by atoms with Crippen molar-refractivity contribution in [2.75, 3.05) is 20.3 Å². The number of benzene rings is 1. The zero-order chi connectivity index (χ0) is 18.4. The largest absolute Gasteiger partial charge is 0.496 e. The molecule has 2 aliphatic heterocycles. The average molecular weight is 355 g/mol. The highest BCUT2D eigenvalue weighted by Gasteiger charge is 2.76. The summed E-state index contributed by atoms with van der Waals surface area (Å²) in [5, 5.41) is 42.8. The third-order valence-corrected chi connectivity index (χ3v) is 4.65. The number of methoxy groups -OCH3 is 1. The van der Waals surface area contributed by atoms with Crippen LogP contribution in [0.5, 0.6) is 5.75 Å². The Morgan fingerprint density at radius 3 is 2.76 bits per heavy atom. The van der Waals surface area contributed by atoms with Gasteiger partial charge in [0, 0.05) is 10.5 Å². The van der Waals surface area contributed by atoms with Crippen LogP contribution in [0.4, 0.5) is 0 Å². The lowest BCUT2D eigenvalue weighted by atomic mass is 9.75. The Hall–Kier alpha value is -2.27. The highest BCUT2D eigenvalue weighted by atomic mass is 16.7. The molecular weight excluding hydrogens is 338 g/mol. The number of aliphatic hydroxyl groups excluding tert-OH is 1. The van der Waals surface area contributed by atoms with Crippen LogP contribution in [0.1, 0.15) is 11.5 Å². The molecule has 1 unspecified atom stereocenters. The standard InChI is InChI=1S/C15H17NO9/c1-23-11-5-3-2-4-8(11)9(6-16(21)22)14(19)13(18)25-12-10(17)7-24-15(12,14)20/h2-5,9-10,12,17,19-20H,6-7H2,1H3/t9?,10-,12+,14+,15-/m0/s1. The van der Waals surface area contributed by atoms with E-state index >= 15 is 0 Å². The Labute approximate surface area is 141 Å². The molecule has 25 heavy (non-hydrogen) atoms. The van der Waals surface area contributed by atoms with Crippen molar-refractivity contribution in [1.29, 1.82) is 0 Å². The average Bonchev–Trinajstić information content (AvgIpc) is 2.98. The van der Waals surface area contributed by atoms with Crippen molar-refractivity contribution < 1.29 is 39.2 Å². The van der Waals surface area contributed by atoms with Gasteiger partial charge in [0.2, 0.25) is 17.9 Å². The third kappa shape index (κ3) is 2.37. The number of aliphatic hydroxyl groups is 3. The number of rotatable bonds is 5. The number of hydrogen-bond acceptors (Lipinski definition) is 9. The number of ether oxygens (including phenoxy) is 3. The molecule has 0 aliphatic carbocycles. The van der Waals surface area contributed by atoms with Crippen molar-refractivity contribution in [1.82, 2.24) is 0 Å². The van der Waals surface area contributed by atoms with Gasteiger partial charge in [-0.15, -0.1) is 0 Å². The number of fused-ring (bicyclic) bond motifs is 1. The van der Waals surface area contributed by atoms with Crippen LogP contribution in [0, 0.1) is 10.1 Å². The fourth-order valence-electron chi connectivity index (χ4n) is 3.43. The Morgan fingerprint density at radius 1 is 1.44 bits per heavy atom. The second-order valence-corrected chi connectivity index (χ2v) is 5.98. The van der Waals surface area contributed by atoms with Crippen molar-refractivity contribution in [3.63, 3.8) is 0 Å². The van der Waals surface area contributed by atoms with Crippen LogP contribution in [-0.2, 0) is 14.3 Å². The van der Waals surface area contributed by atoms with Crippen LogP contribution in [0.3, 0.4) is 0 Å². The minimum absolute atomic E-state index is 0.125. The van der Waals surface area contributed by atoms with Crippen molar-refractivity contribution in [2.24, 2.45) is 0 Å². The lowest BCUT2D eigenvalue weighted by Crippen LogP contribution is -2.62. The van der Waals surface area contributed by atoms with Crippen LogP contribution >= 0.6 is 0 Å². The molecule has 10 heteroatoms. The number of nitrogens with zero attached hydrogens (tertiary/aromatic N) is 1. The summed E-state index contributed by atoms with van der Waals surface area (Å²) in [6, 6.07) is 6.08. The summed E-state index contributed by atoms with van der Waals surface area (Å²) < 4.78 is 15.1. The predicted octanol–water partition coefficient (Wildman–Crippen LogP) is -1.21. The Balaban J connectivity index is 2.15. The lowest BCUT2D eigenvalue weighted by Gasteiger charge is -2.36. The summed E-state index contributed by atoms with van der Waals surface area (Å²) in [4.78, 5) is 22.8. The molecule has 0 amide bonds. The number of esters is 1. The van der Waals surface area contributed by atoms with Gasteiger partial charge in [-0.05, 0) is 6.07 Å². The smallest absolute Gasteiger partial charge is 0.345 e. The maximum absolute atomic E-state index is 12.4. The quantitative estimate of drug-likeness (QED) is 0.336. The van der Waals surface area contributed by atoms with Gasteiger partial charge in [0.1, 0.15) is 11.9 Å². The topological polar surface area (TPSA) is 149 Å². The van der Waals surface area contributed by atoms with Crippen molar-refractivity contribution >= 4 is 5.97 Å². The molecule has 2 aliphatic rings. The first kappa shape index (κ1) is 17.5. The van der Waals surface area contributed by atoms with E-state index in [0.717, 1.165) is 0 Å². The van der Waals surface area contributed by atoms with E-state index in [1.165, 1.54) is 19.2 Å². The summed E-state index contributed by atoms with van der Waals surface area (Å²) in [6.07, 6.45) is -2.91. The summed E-state index contributed by atoms with van der Waals surface area (Å²) in [5.74, 6) is -5.28. The number of hydrogen-bond donors (Lipinski definition) is 3. The van der Waals surface area contributed by atoms with E-state index in [0.29, 0.717) is 0 Å². The van der Waals surface area contributed by atoms with Gasteiger partial charge in [-0.2, -0.15) is 0 Å². The van der Waals surface area contributed by atoms with E-state index in [2.05, 4.69) is 0 Å². The molecule has 0 radical (unpaired) electrons. The molecule has 0 saturated carbocycles. The van der Waals surface area contributed by atoms with Crippen molar-refractivity contribution in [2.45, 2.75) is 29.5 Å². The monoisotopic (exact) mass is 355 g/mol. The molecular formula is C15H17NO9. The van der Waals surface area contributed by atoms with E-state index in [-0.39, 0.29) is 11.3 Å². The van der Waals surface area contributed by atoms with Crippen LogP contribution in [0.25, 0.3) is 0 Å². The molecule has 1 aromatic carbocycles. The van der Waals surface area contributed by atoms with Crippen LogP contribution in [0.2, 0.25) is 0 Å². The molecule has 10 nitrogen and oxygen atoms in total. The van der Waals surface area contributed by atoms with Gasteiger partial charge < -0.3 is 29.5 Å². The molecule has 0 bridgehead atoms. The summed E-state index contributed by atoms with van der Waals surface area (Å²) in [6.45, 7) is -1.30. The van der Waals surface area contributed by atoms with Gasteiger partial charge in [-0.25, -0.2) is 4.79 Å². The molecule has 0 aromatic heterocycles. The fourth-order valence-corrected chi connectivity index (χ4v) is 3.43. The zero-order valence-electron chi connectivity index (χ0n) is 13.2. The van der Waals surface area contributed by atoms with E-state index in [9.17, 15) is 30.2 Å².